The SMILES string of the molecule is CCc1nnc(OCCCOCCOC)c(CN)c1CC. The molecule has 0 unspecified atom stereocenters. The summed E-state index contributed by atoms with van der Waals surface area (Å²) >= 11 is 0. The number of rotatable bonds is 11. The molecular formula is C15H27N3O3. The van der Waals surface area contributed by atoms with Gasteiger partial charge >= 0.3 is 0 Å². The van der Waals surface area contributed by atoms with Crippen LogP contribution in [0.2, 0.25) is 0 Å². The van der Waals surface area contributed by atoms with E-state index in [2.05, 4.69) is 24.0 Å². The zero-order chi connectivity index (χ0) is 15.5. The summed E-state index contributed by atoms with van der Waals surface area (Å²) in [5, 5.41) is 8.40. The Morgan fingerprint density at radius 2 is 1.76 bits per heavy atom. The fourth-order valence-corrected chi connectivity index (χ4v) is 2.13. The predicted octanol–water partition coefficient (Wildman–Crippen LogP) is 1.49. The minimum Gasteiger partial charge on any atom is -0.476 e. The summed E-state index contributed by atoms with van der Waals surface area (Å²) in [6.07, 6.45) is 2.55. The molecule has 0 saturated heterocycles. The molecule has 0 fully saturated rings. The van der Waals surface area contributed by atoms with Crippen LogP contribution < -0.4 is 10.5 Å². The van der Waals surface area contributed by atoms with Gasteiger partial charge in [-0.15, -0.1) is 5.10 Å². The molecule has 1 rings (SSSR count). The quantitative estimate of drug-likeness (QED) is 0.623. The third-order valence-corrected chi connectivity index (χ3v) is 3.23. The van der Waals surface area contributed by atoms with Gasteiger partial charge in [0.25, 0.3) is 0 Å². The maximum Gasteiger partial charge on any atom is 0.238 e. The van der Waals surface area contributed by atoms with E-state index >= 15 is 0 Å². The molecular weight excluding hydrogens is 270 g/mol. The lowest BCUT2D eigenvalue weighted by Gasteiger charge is -2.14. The molecule has 0 aliphatic carbocycles. The molecule has 2 N–H and O–H groups in total. The summed E-state index contributed by atoms with van der Waals surface area (Å²) in [7, 11) is 1.66. The summed E-state index contributed by atoms with van der Waals surface area (Å²) in [5.74, 6) is 0.559. The van der Waals surface area contributed by atoms with Crippen LogP contribution in [0.25, 0.3) is 0 Å². The second-order valence-electron chi connectivity index (χ2n) is 4.63. The molecule has 1 heterocycles. The van der Waals surface area contributed by atoms with Crippen LogP contribution >= 0.6 is 0 Å². The van der Waals surface area contributed by atoms with Gasteiger partial charge in [0.05, 0.1) is 25.5 Å². The molecule has 120 valence electrons. The predicted molar refractivity (Wildman–Crippen MR) is 81.5 cm³/mol. The lowest BCUT2D eigenvalue weighted by Crippen LogP contribution is -2.13. The highest BCUT2D eigenvalue weighted by atomic mass is 16.5. The van der Waals surface area contributed by atoms with Crippen molar-refractivity contribution in [3.05, 3.63) is 16.8 Å². The van der Waals surface area contributed by atoms with Crippen LogP contribution in [0.4, 0.5) is 0 Å². The third-order valence-electron chi connectivity index (χ3n) is 3.23. The molecule has 0 aliphatic rings. The Morgan fingerprint density at radius 1 is 0.952 bits per heavy atom. The van der Waals surface area contributed by atoms with E-state index in [-0.39, 0.29) is 0 Å². The fourth-order valence-electron chi connectivity index (χ4n) is 2.13. The second-order valence-corrected chi connectivity index (χ2v) is 4.63. The lowest BCUT2D eigenvalue weighted by atomic mass is 10.0. The molecule has 0 spiro atoms. The topological polar surface area (TPSA) is 79.5 Å². The number of methoxy groups -OCH3 is 1. The molecule has 0 amide bonds. The summed E-state index contributed by atoms with van der Waals surface area (Å²) in [6, 6.07) is 0. The van der Waals surface area contributed by atoms with E-state index in [1.54, 1.807) is 7.11 Å². The third kappa shape index (κ3) is 5.57. The Morgan fingerprint density at radius 3 is 2.38 bits per heavy atom. The molecule has 1 aromatic heterocycles. The number of hydrogen-bond donors (Lipinski definition) is 1. The number of aryl methyl sites for hydroxylation is 1. The van der Waals surface area contributed by atoms with Crippen LogP contribution in [0.1, 0.15) is 37.1 Å². The molecule has 21 heavy (non-hydrogen) atoms. The largest absolute Gasteiger partial charge is 0.476 e. The highest BCUT2D eigenvalue weighted by molar-refractivity contribution is 5.36. The number of nitrogens with zero attached hydrogens (tertiary/aromatic N) is 2. The van der Waals surface area contributed by atoms with Gasteiger partial charge in [-0.1, -0.05) is 13.8 Å². The summed E-state index contributed by atoms with van der Waals surface area (Å²) in [4.78, 5) is 0. The van der Waals surface area contributed by atoms with E-state index in [1.165, 1.54) is 5.56 Å². The van der Waals surface area contributed by atoms with Gasteiger partial charge < -0.3 is 19.9 Å². The standard InChI is InChI=1S/C15H27N3O3/c1-4-12-13(11-16)15(18-17-14(12)5-2)21-8-6-7-20-10-9-19-3/h4-11,16H2,1-3H3. The van der Waals surface area contributed by atoms with Gasteiger partial charge in [-0.05, 0) is 18.4 Å². The van der Waals surface area contributed by atoms with Crippen LogP contribution in [0.5, 0.6) is 5.88 Å². The maximum atomic E-state index is 5.85. The molecule has 0 radical (unpaired) electrons. The Kier molecular flexibility index (Phi) is 8.89. The first-order chi connectivity index (χ1) is 10.3. The number of nitrogens with two attached hydrogens (primary N) is 1. The van der Waals surface area contributed by atoms with Crippen LogP contribution in [-0.4, -0.2) is 43.7 Å². The van der Waals surface area contributed by atoms with E-state index in [0.717, 1.165) is 30.5 Å². The van der Waals surface area contributed by atoms with E-state index < -0.39 is 0 Å². The second kappa shape index (κ2) is 10.5. The van der Waals surface area contributed by atoms with Gasteiger partial charge in [0.1, 0.15) is 0 Å². The van der Waals surface area contributed by atoms with Crippen LogP contribution in [0.3, 0.4) is 0 Å². The smallest absolute Gasteiger partial charge is 0.238 e. The van der Waals surface area contributed by atoms with Crippen LogP contribution in [0.15, 0.2) is 0 Å². The number of aromatic nitrogens is 2. The Balaban J connectivity index is 2.51. The molecule has 6 heteroatoms. The van der Waals surface area contributed by atoms with Crippen molar-refractivity contribution in [1.29, 1.82) is 0 Å². The fraction of sp³-hybridized carbons (Fsp3) is 0.733. The van der Waals surface area contributed by atoms with Crippen molar-refractivity contribution in [2.45, 2.75) is 39.7 Å². The molecule has 0 saturated carbocycles. The first-order valence-electron chi connectivity index (χ1n) is 7.55. The maximum absolute atomic E-state index is 5.85. The zero-order valence-corrected chi connectivity index (χ0v) is 13.4. The molecule has 0 aliphatic heterocycles. The minimum atomic E-state index is 0.422. The highest BCUT2D eigenvalue weighted by Gasteiger charge is 2.14. The Bertz CT molecular complexity index is 413. The summed E-state index contributed by atoms with van der Waals surface area (Å²) < 4.78 is 16.0. The van der Waals surface area contributed by atoms with Crippen molar-refractivity contribution >= 4 is 0 Å². The highest BCUT2D eigenvalue weighted by Crippen LogP contribution is 2.22. The Hall–Kier alpha value is -1.24. The van der Waals surface area contributed by atoms with Gasteiger partial charge in [0.15, 0.2) is 0 Å². The van der Waals surface area contributed by atoms with Gasteiger partial charge in [-0.25, -0.2) is 0 Å². The average molecular weight is 297 g/mol. The summed E-state index contributed by atoms with van der Waals surface area (Å²) in [5.41, 5.74) is 9.00. The molecule has 0 atom stereocenters. The van der Waals surface area contributed by atoms with Gasteiger partial charge in [-0.3, -0.25) is 0 Å². The normalized spacial score (nSPS) is 10.9. The molecule has 0 bridgehead atoms. The Labute approximate surface area is 127 Å². The monoisotopic (exact) mass is 297 g/mol. The van der Waals surface area contributed by atoms with Crippen molar-refractivity contribution in [2.75, 3.05) is 33.5 Å². The summed E-state index contributed by atoms with van der Waals surface area (Å²) in [6.45, 7) is 7.00. The first-order valence-corrected chi connectivity index (χ1v) is 7.55. The van der Waals surface area contributed by atoms with E-state index in [0.29, 0.717) is 38.9 Å². The number of ether oxygens (including phenoxy) is 3. The van der Waals surface area contributed by atoms with Gasteiger partial charge in [0.2, 0.25) is 5.88 Å². The van der Waals surface area contributed by atoms with Gasteiger partial charge in [0, 0.05) is 32.2 Å². The average Bonchev–Trinajstić information content (AvgIpc) is 2.52. The molecule has 0 aromatic carbocycles. The van der Waals surface area contributed by atoms with Crippen molar-refractivity contribution in [1.82, 2.24) is 10.2 Å². The van der Waals surface area contributed by atoms with Crippen molar-refractivity contribution < 1.29 is 14.2 Å². The first kappa shape index (κ1) is 17.8. The van der Waals surface area contributed by atoms with E-state index in [1.807, 2.05) is 0 Å². The van der Waals surface area contributed by atoms with Crippen molar-refractivity contribution in [3.8, 4) is 5.88 Å². The molecule has 1 aromatic rings. The van der Waals surface area contributed by atoms with E-state index in [9.17, 15) is 0 Å². The van der Waals surface area contributed by atoms with E-state index in [4.69, 9.17) is 19.9 Å². The lowest BCUT2D eigenvalue weighted by molar-refractivity contribution is 0.0641. The van der Waals surface area contributed by atoms with Crippen LogP contribution in [-0.2, 0) is 28.9 Å². The number of hydrogen-bond acceptors (Lipinski definition) is 6. The van der Waals surface area contributed by atoms with Crippen LogP contribution in [0, 0.1) is 0 Å². The zero-order valence-electron chi connectivity index (χ0n) is 13.4. The molecule has 6 nitrogen and oxygen atoms in total. The minimum absolute atomic E-state index is 0.422. The van der Waals surface area contributed by atoms with Crippen molar-refractivity contribution in [2.24, 2.45) is 5.73 Å². The van der Waals surface area contributed by atoms with Gasteiger partial charge in [-0.2, -0.15) is 5.10 Å². The van der Waals surface area contributed by atoms with Crippen molar-refractivity contribution in [3.63, 3.8) is 0 Å².